The minimum absolute atomic E-state index is 0.883. The molecule has 54 heavy (non-hydrogen) atoms. The van der Waals surface area contributed by atoms with Crippen molar-refractivity contribution in [2.24, 2.45) is 0 Å². The molecule has 0 saturated carbocycles. The molecule has 0 saturated heterocycles. The van der Waals surface area contributed by atoms with Gasteiger partial charge in [0.25, 0.3) is 0 Å². The summed E-state index contributed by atoms with van der Waals surface area (Å²) >= 11 is 0. The predicted molar refractivity (Wildman–Crippen MR) is 220 cm³/mol. The maximum Gasteiger partial charge on any atom is 0.0972 e. The number of fused-ring (bicyclic) bond motifs is 8. The van der Waals surface area contributed by atoms with E-state index in [1.807, 2.05) is 36.8 Å². The van der Waals surface area contributed by atoms with Crippen molar-refractivity contribution in [3.05, 3.63) is 170 Å². The molecule has 11 rings (SSSR count). The number of nitrogens with zero attached hydrogens (tertiary/aromatic N) is 6. The molecule has 0 bridgehead atoms. The van der Waals surface area contributed by atoms with Gasteiger partial charge in [-0.3, -0.25) is 15.0 Å². The van der Waals surface area contributed by atoms with Crippen LogP contribution < -0.4 is 0 Å². The highest BCUT2D eigenvalue weighted by Gasteiger charge is 2.13. The molecule has 0 unspecified atom stereocenters. The van der Waals surface area contributed by atoms with E-state index in [2.05, 4.69) is 143 Å². The van der Waals surface area contributed by atoms with E-state index < -0.39 is 0 Å². The fourth-order valence-corrected chi connectivity index (χ4v) is 7.59. The monoisotopic (exact) mass is 688 g/mol. The Morgan fingerprint density at radius 1 is 0.296 bits per heavy atom. The van der Waals surface area contributed by atoms with Gasteiger partial charge < -0.3 is 0 Å². The van der Waals surface area contributed by atoms with Crippen LogP contribution in [0.4, 0.5) is 0 Å². The molecule has 0 aliphatic heterocycles. The van der Waals surface area contributed by atoms with Crippen LogP contribution in [0.5, 0.6) is 0 Å². The molecule has 0 N–H and O–H groups in total. The van der Waals surface area contributed by atoms with Crippen LogP contribution in [0.1, 0.15) is 0 Å². The lowest BCUT2D eigenvalue weighted by molar-refractivity contribution is 1.36. The van der Waals surface area contributed by atoms with E-state index in [1.165, 1.54) is 0 Å². The second kappa shape index (κ2) is 12.1. The smallest absolute Gasteiger partial charge is 0.0972 e. The van der Waals surface area contributed by atoms with Crippen molar-refractivity contribution >= 4 is 65.4 Å². The number of hydrogen-bond donors (Lipinski definition) is 0. The highest BCUT2D eigenvalue weighted by molar-refractivity contribution is 6.10. The molecule has 5 aromatic carbocycles. The van der Waals surface area contributed by atoms with Crippen molar-refractivity contribution in [3.63, 3.8) is 0 Å². The number of pyridine rings is 6. The molecule has 0 atom stereocenters. The quantitative estimate of drug-likeness (QED) is 0.171. The maximum atomic E-state index is 5.19. The first-order valence-corrected chi connectivity index (χ1v) is 17.9. The predicted octanol–water partition coefficient (Wildman–Crippen LogP) is 11.6. The lowest BCUT2D eigenvalue weighted by Crippen LogP contribution is -1.91. The SMILES string of the molecule is c1cnc2c(c1)ccc1ccc(-c3ccc(-c4ccc5ccc(-c6ccc7ccc(-c8cc9cccnc9c9ncccc89)nc7c6)cc5n4)cc3)nc12. The Morgan fingerprint density at radius 3 is 1.44 bits per heavy atom. The Labute approximate surface area is 309 Å². The van der Waals surface area contributed by atoms with Gasteiger partial charge in [0.1, 0.15) is 0 Å². The fraction of sp³-hybridized carbons (Fsp3) is 0. The van der Waals surface area contributed by atoms with Gasteiger partial charge in [-0.15, -0.1) is 0 Å². The van der Waals surface area contributed by atoms with Crippen LogP contribution in [0, 0.1) is 0 Å². The zero-order valence-corrected chi connectivity index (χ0v) is 28.8. The van der Waals surface area contributed by atoms with E-state index in [9.17, 15) is 0 Å². The topological polar surface area (TPSA) is 77.3 Å². The molecular formula is C48H28N6. The van der Waals surface area contributed by atoms with E-state index in [0.717, 1.165) is 110 Å². The molecule has 0 aliphatic rings. The molecule has 6 heterocycles. The van der Waals surface area contributed by atoms with Crippen LogP contribution >= 0.6 is 0 Å². The molecule has 6 aromatic heterocycles. The van der Waals surface area contributed by atoms with Crippen LogP contribution in [-0.2, 0) is 0 Å². The average molecular weight is 689 g/mol. The van der Waals surface area contributed by atoms with Crippen molar-refractivity contribution in [2.45, 2.75) is 0 Å². The fourth-order valence-electron chi connectivity index (χ4n) is 7.59. The third kappa shape index (κ3) is 5.04. The van der Waals surface area contributed by atoms with Gasteiger partial charge in [0, 0.05) is 67.6 Å². The zero-order chi connectivity index (χ0) is 35.6. The van der Waals surface area contributed by atoms with Gasteiger partial charge in [0.2, 0.25) is 0 Å². The Bertz CT molecular complexity index is 3280. The van der Waals surface area contributed by atoms with Gasteiger partial charge in [-0.05, 0) is 65.7 Å². The Kier molecular flexibility index (Phi) is 6.75. The molecule has 0 aliphatic carbocycles. The Morgan fingerprint density at radius 2 is 0.759 bits per heavy atom. The van der Waals surface area contributed by atoms with Gasteiger partial charge in [-0.1, -0.05) is 97.1 Å². The van der Waals surface area contributed by atoms with E-state index in [-0.39, 0.29) is 0 Å². The summed E-state index contributed by atoms with van der Waals surface area (Å²) in [4.78, 5) is 29.3. The summed E-state index contributed by atoms with van der Waals surface area (Å²) in [6.45, 7) is 0. The van der Waals surface area contributed by atoms with Gasteiger partial charge >= 0.3 is 0 Å². The first-order valence-electron chi connectivity index (χ1n) is 17.9. The Balaban J connectivity index is 0.930. The van der Waals surface area contributed by atoms with Crippen LogP contribution in [0.2, 0.25) is 0 Å². The van der Waals surface area contributed by atoms with Crippen molar-refractivity contribution in [3.8, 4) is 44.9 Å². The maximum absolute atomic E-state index is 5.19. The molecule has 0 spiro atoms. The first kappa shape index (κ1) is 30.2. The lowest BCUT2D eigenvalue weighted by atomic mass is 9.99. The number of benzene rings is 5. The second-order valence-corrected chi connectivity index (χ2v) is 13.6. The minimum atomic E-state index is 0.883. The van der Waals surface area contributed by atoms with E-state index in [4.69, 9.17) is 19.9 Å². The third-order valence-electron chi connectivity index (χ3n) is 10.4. The van der Waals surface area contributed by atoms with E-state index >= 15 is 0 Å². The molecule has 0 amide bonds. The third-order valence-corrected chi connectivity index (χ3v) is 10.4. The summed E-state index contributed by atoms with van der Waals surface area (Å²) < 4.78 is 0. The van der Waals surface area contributed by atoms with Gasteiger partial charge in [0.05, 0.1) is 50.2 Å². The molecular weight excluding hydrogens is 661 g/mol. The average Bonchev–Trinajstić information content (AvgIpc) is 3.25. The molecule has 11 aromatic rings. The summed E-state index contributed by atoms with van der Waals surface area (Å²) in [5.74, 6) is 0. The van der Waals surface area contributed by atoms with Crippen molar-refractivity contribution in [2.75, 3.05) is 0 Å². The summed E-state index contributed by atoms with van der Waals surface area (Å²) in [5.41, 5.74) is 13.5. The largest absolute Gasteiger partial charge is 0.254 e. The lowest BCUT2D eigenvalue weighted by Gasteiger charge is -2.11. The summed E-state index contributed by atoms with van der Waals surface area (Å²) in [6, 6.07) is 52.6. The summed E-state index contributed by atoms with van der Waals surface area (Å²) in [7, 11) is 0. The second-order valence-electron chi connectivity index (χ2n) is 13.6. The van der Waals surface area contributed by atoms with Gasteiger partial charge in [-0.25, -0.2) is 15.0 Å². The number of hydrogen-bond acceptors (Lipinski definition) is 6. The van der Waals surface area contributed by atoms with Crippen molar-refractivity contribution in [1.29, 1.82) is 0 Å². The van der Waals surface area contributed by atoms with Crippen molar-refractivity contribution < 1.29 is 0 Å². The highest BCUT2D eigenvalue weighted by atomic mass is 14.8. The van der Waals surface area contributed by atoms with Crippen LogP contribution in [0.25, 0.3) is 110 Å². The highest BCUT2D eigenvalue weighted by Crippen LogP contribution is 2.35. The molecule has 250 valence electrons. The number of aromatic nitrogens is 6. The molecule has 0 radical (unpaired) electrons. The van der Waals surface area contributed by atoms with Gasteiger partial charge in [-0.2, -0.15) is 0 Å². The Hall–Kier alpha value is -7.44. The summed E-state index contributed by atoms with van der Waals surface area (Å²) in [5, 5.41) is 6.42. The minimum Gasteiger partial charge on any atom is -0.254 e. The van der Waals surface area contributed by atoms with E-state index in [1.54, 1.807) is 0 Å². The van der Waals surface area contributed by atoms with Crippen molar-refractivity contribution in [1.82, 2.24) is 29.9 Å². The van der Waals surface area contributed by atoms with Crippen LogP contribution in [0.3, 0.4) is 0 Å². The standard InChI is InChI=1S/C48H28N6/c1-4-33-13-14-34-19-21-41(54-47(34)45(33)49-23-1)30-9-7-29(8-10-30)40-20-17-31-11-15-35(27-43(31)52-40)36-16-12-32-18-22-42(53-44(32)28-36)39-26-37-5-2-24-50-46(37)48-38(39)6-3-25-51-48/h1-28H. The molecule has 6 nitrogen and oxygen atoms in total. The van der Waals surface area contributed by atoms with E-state index in [0.29, 0.717) is 0 Å². The van der Waals surface area contributed by atoms with Crippen LogP contribution in [0.15, 0.2) is 170 Å². The molecule has 0 fully saturated rings. The summed E-state index contributed by atoms with van der Waals surface area (Å²) in [6.07, 6.45) is 5.46. The van der Waals surface area contributed by atoms with Crippen LogP contribution in [-0.4, -0.2) is 29.9 Å². The first-order chi connectivity index (χ1) is 26.7. The normalized spacial score (nSPS) is 11.7. The zero-order valence-electron chi connectivity index (χ0n) is 28.8. The van der Waals surface area contributed by atoms with Gasteiger partial charge in [0.15, 0.2) is 0 Å². The molecule has 6 heteroatoms. The number of rotatable bonds is 4.